The van der Waals surface area contributed by atoms with Gasteiger partial charge in [-0.05, 0) is 40.7 Å². The fraction of sp³-hybridized carbons (Fsp3) is 0.417. The summed E-state index contributed by atoms with van der Waals surface area (Å²) in [5.74, 6) is 0.515. The van der Waals surface area contributed by atoms with Gasteiger partial charge in [0.05, 0.1) is 6.54 Å². The lowest BCUT2D eigenvalue weighted by Gasteiger charge is -2.28. The highest BCUT2D eigenvalue weighted by molar-refractivity contribution is 6.05. The number of benzene rings is 2. The van der Waals surface area contributed by atoms with Crippen molar-refractivity contribution in [2.75, 3.05) is 6.54 Å². The van der Waals surface area contributed by atoms with Crippen LogP contribution in [-0.2, 0) is 17.4 Å². The van der Waals surface area contributed by atoms with E-state index in [9.17, 15) is 15.0 Å². The van der Waals surface area contributed by atoms with Gasteiger partial charge in [-0.3, -0.25) is 10.2 Å². The van der Waals surface area contributed by atoms with Crippen LogP contribution in [0.1, 0.15) is 74.2 Å². The molecule has 0 atom stereocenters. The maximum Gasteiger partial charge on any atom is 0.182 e. The van der Waals surface area contributed by atoms with Crippen LogP contribution in [0.15, 0.2) is 30.3 Å². The van der Waals surface area contributed by atoms with E-state index in [1.165, 1.54) is 0 Å². The zero-order valence-electron chi connectivity index (χ0n) is 18.1. The second-order valence-electron chi connectivity index (χ2n) is 9.89. The van der Waals surface area contributed by atoms with Crippen molar-refractivity contribution in [1.82, 2.24) is 4.90 Å². The molecular weight excluding hydrogens is 364 g/mol. The number of nitrogens with zero attached hydrogens (tertiary/aromatic N) is 1. The first-order valence-electron chi connectivity index (χ1n) is 9.86. The number of aromatic hydroxyl groups is 2. The summed E-state index contributed by atoms with van der Waals surface area (Å²) < 4.78 is 0. The Labute approximate surface area is 172 Å². The Hall–Kier alpha value is -2.82. The number of hydrogen-bond acceptors (Lipinski definition) is 4. The first-order chi connectivity index (χ1) is 13.3. The maximum absolute atomic E-state index is 13.2. The van der Waals surface area contributed by atoms with E-state index in [-0.39, 0.29) is 40.5 Å². The molecule has 0 amide bonds. The number of carbonyl (C=O) groups is 1. The summed E-state index contributed by atoms with van der Waals surface area (Å²) in [5.41, 5.74) is 3.01. The Morgan fingerprint density at radius 1 is 1.00 bits per heavy atom. The van der Waals surface area contributed by atoms with E-state index in [4.69, 9.17) is 5.41 Å². The first-order valence-corrected chi connectivity index (χ1v) is 9.86. The largest absolute Gasteiger partial charge is 0.508 e. The minimum absolute atomic E-state index is 0.0756. The van der Waals surface area contributed by atoms with E-state index in [2.05, 4.69) is 0 Å². The van der Waals surface area contributed by atoms with Crippen molar-refractivity contribution in [3.63, 3.8) is 0 Å². The highest BCUT2D eigenvalue weighted by Gasteiger charge is 2.30. The van der Waals surface area contributed by atoms with Crippen molar-refractivity contribution in [1.29, 1.82) is 5.41 Å². The van der Waals surface area contributed by atoms with Gasteiger partial charge in [0.25, 0.3) is 0 Å². The Kier molecular flexibility index (Phi) is 4.98. The van der Waals surface area contributed by atoms with Crippen LogP contribution in [0.2, 0.25) is 0 Å². The second kappa shape index (κ2) is 6.90. The van der Waals surface area contributed by atoms with Gasteiger partial charge < -0.3 is 15.1 Å². The lowest BCUT2D eigenvalue weighted by atomic mass is 9.78. The second-order valence-corrected chi connectivity index (χ2v) is 9.89. The van der Waals surface area contributed by atoms with Crippen LogP contribution in [0, 0.1) is 5.41 Å². The standard InChI is InChI=1S/C24H30N2O3/c1-23(2,3)18-9-15(10-19(21(18)29)24(4,5)6)20(28)13-26-12-14-7-8-16(27)11-17(14)22(26)25/h7-11,25,27,29H,12-13H2,1-6H3. The third-order valence-corrected chi connectivity index (χ3v) is 5.41. The number of carbonyl (C=O) groups excluding carboxylic acids is 1. The predicted molar refractivity (Wildman–Crippen MR) is 115 cm³/mol. The number of phenols is 2. The average Bonchev–Trinajstić information content (AvgIpc) is 2.88. The molecule has 0 radical (unpaired) electrons. The van der Waals surface area contributed by atoms with E-state index in [0.717, 1.165) is 16.7 Å². The number of Topliss-reactive ketones (excluding diaryl/α,β-unsaturated/α-hetero) is 1. The Morgan fingerprint density at radius 3 is 2.07 bits per heavy atom. The van der Waals surface area contributed by atoms with Crippen LogP contribution in [0.25, 0.3) is 0 Å². The fourth-order valence-corrected chi connectivity index (χ4v) is 3.72. The van der Waals surface area contributed by atoms with Crippen LogP contribution in [0.4, 0.5) is 0 Å². The number of nitrogens with one attached hydrogen (secondary N) is 1. The monoisotopic (exact) mass is 394 g/mol. The summed E-state index contributed by atoms with van der Waals surface area (Å²) in [6.45, 7) is 12.6. The van der Waals surface area contributed by atoms with Gasteiger partial charge in [-0.2, -0.15) is 0 Å². The number of rotatable bonds is 3. The van der Waals surface area contributed by atoms with Crippen molar-refractivity contribution in [2.45, 2.75) is 58.9 Å². The minimum Gasteiger partial charge on any atom is -0.508 e. The predicted octanol–water partition coefficient (Wildman–Crippen LogP) is 4.72. The molecule has 3 N–H and O–H groups in total. The lowest BCUT2D eigenvalue weighted by molar-refractivity contribution is 0.0962. The number of ketones is 1. The van der Waals surface area contributed by atoms with Crippen LogP contribution in [-0.4, -0.2) is 33.3 Å². The topological polar surface area (TPSA) is 84.6 Å². The molecule has 0 saturated heterocycles. The Morgan fingerprint density at radius 2 is 1.55 bits per heavy atom. The molecule has 0 bridgehead atoms. The molecule has 3 rings (SSSR count). The number of hydrogen-bond donors (Lipinski definition) is 3. The van der Waals surface area contributed by atoms with Gasteiger partial charge in [-0.15, -0.1) is 0 Å². The van der Waals surface area contributed by atoms with Gasteiger partial charge in [0.1, 0.15) is 17.3 Å². The van der Waals surface area contributed by atoms with Crippen molar-refractivity contribution >= 4 is 11.6 Å². The van der Waals surface area contributed by atoms with E-state index in [1.54, 1.807) is 35.2 Å². The van der Waals surface area contributed by atoms with Crippen molar-refractivity contribution < 1.29 is 15.0 Å². The molecule has 29 heavy (non-hydrogen) atoms. The van der Waals surface area contributed by atoms with E-state index in [1.807, 2.05) is 41.5 Å². The molecule has 5 nitrogen and oxygen atoms in total. The molecule has 0 unspecified atom stereocenters. The summed E-state index contributed by atoms with van der Waals surface area (Å²) in [5, 5.41) is 28.9. The average molecular weight is 395 g/mol. The smallest absolute Gasteiger partial charge is 0.182 e. The first kappa shape index (κ1) is 20.9. The Balaban J connectivity index is 1.95. The highest BCUT2D eigenvalue weighted by Crippen LogP contribution is 2.40. The third-order valence-electron chi connectivity index (χ3n) is 5.41. The lowest BCUT2D eigenvalue weighted by Crippen LogP contribution is -2.30. The van der Waals surface area contributed by atoms with Gasteiger partial charge in [-0.25, -0.2) is 0 Å². The minimum atomic E-state index is -0.311. The molecule has 1 aliphatic heterocycles. The van der Waals surface area contributed by atoms with E-state index in [0.29, 0.717) is 17.7 Å². The number of fused-ring (bicyclic) bond motifs is 1. The summed E-state index contributed by atoms with van der Waals surface area (Å²) in [7, 11) is 0. The van der Waals surface area contributed by atoms with Crippen molar-refractivity contribution in [3.8, 4) is 11.5 Å². The molecule has 0 aromatic heterocycles. The van der Waals surface area contributed by atoms with Gasteiger partial charge in [0.2, 0.25) is 0 Å². The zero-order chi connectivity index (χ0) is 21.7. The Bertz CT molecular complexity index is 959. The maximum atomic E-state index is 13.2. The molecule has 2 aromatic rings. The van der Waals surface area contributed by atoms with Crippen LogP contribution in [0.5, 0.6) is 11.5 Å². The van der Waals surface area contributed by atoms with Crippen molar-refractivity contribution in [2.24, 2.45) is 0 Å². The van der Waals surface area contributed by atoms with Gasteiger partial charge >= 0.3 is 0 Å². The quantitative estimate of drug-likeness (QED) is 0.658. The zero-order valence-corrected chi connectivity index (χ0v) is 18.1. The molecular formula is C24H30N2O3. The van der Waals surface area contributed by atoms with Crippen LogP contribution in [0.3, 0.4) is 0 Å². The van der Waals surface area contributed by atoms with Crippen LogP contribution >= 0.6 is 0 Å². The van der Waals surface area contributed by atoms with Gasteiger partial charge in [0.15, 0.2) is 5.78 Å². The molecule has 0 aliphatic carbocycles. The molecule has 2 aromatic carbocycles. The highest BCUT2D eigenvalue weighted by atomic mass is 16.3. The van der Waals surface area contributed by atoms with Gasteiger partial charge in [-0.1, -0.05) is 47.6 Å². The summed E-state index contributed by atoms with van der Waals surface area (Å²) in [4.78, 5) is 14.9. The molecule has 1 heterocycles. The molecule has 0 fully saturated rings. The number of phenolic OH excluding ortho intramolecular Hbond substituents is 2. The third kappa shape index (κ3) is 4.00. The summed E-state index contributed by atoms with van der Waals surface area (Å²) >= 11 is 0. The normalized spacial score (nSPS) is 14.3. The SMILES string of the molecule is CC(C)(C)c1cc(C(=O)CN2Cc3ccc(O)cc3C2=N)cc(C(C)(C)C)c1O. The van der Waals surface area contributed by atoms with E-state index < -0.39 is 0 Å². The van der Waals surface area contributed by atoms with Crippen molar-refractivity contribution in [3.05, 3.63) is 58.1 Å². The summed E-state index contributed by atoms with van der Waals surface area (Å²) in [6.07, 6.45) is 0. The van der Waals surface area contributed by atoms with Gasteiger partial charge in [0, 0.05) is 28.8 Å². The molecule has 0 spiro atoms. The molecule has 5 heteroatoms. The van der Waals surface area contributed by atoms with Crippen LogP contribution < -0.4 is 0 Å². The number of amidine groups is 1. The molecule has 0 saturated carbocycles. The molecule has 1 aliphatic rings. The molecule has 154 valence electrons. The van der Waals surface area contributed by atoms with E-state index >= 15 is 0 Å². The summed E-state index contributed by atoms with van der Waals surface area (Å²) in [6, 6.07) is 8.53. The fourth-order valence-electron chi connectivity index (χ4n) is 3.72.